The van der Waals surface area contributed by atoms with Gasteiger partial charge in [0, 0.05) is 11.6 Å². The van der Waals surface area contributed by atoms with Crippen molar-refractivity contribution in [2.75, 3.05) is 7.11 Å². The van der Waals surface area contributed by atoms with Crippen molar-refractivity contribution in [3.63, 3.8) is 0 Å². The molecule has 0 fully saturated rings. The number of carbonyl (C=O) groups is 1. The van der Waals surface area contributed by atoms with Crippen LogP contribution in [0, 0.1) is 0 Å². The lowest BCUT2D eigenvalue weighted by Crippen LogP contribution is -2.29. The second kappa shape index (κ2) is 6.79. The second-order valence-corrected chi connectivity index (χ2v) is 4.93. The van der Waals surface area contributed by atoms with Crippen LogP contribution in [0.2, 0.25) is 0 Å². The number of hydrogen-bond donors (Lipinski definition) is 1. The Morgan fingerprint density at radius 1 is 0.905 bits per heavy atom. The molecule has 0 bridgehead atoms. The van der Waals surface area contributed by atoms with Crippen LogP contribution in [0.3, 0.4) is 0 Å². The molecule has 0 aliphatic rings. The van der Waals surface area contributed by atoms with Gasteiger partial charge >= 0.3 is 0 Å². The van der Waals surface area contributed by atoms with Crippen molar-refractivity contribution in [3.8, 4) is 17.2 Å². The van der Waals surface area contributed by atoms with E-state index in [-0.39, 0.29) is 11.9 Å². The molecule has 4 nitrogen and oxygen atoms in total. The Morgan fingerprint density at radius 3 is 1.86 bits per heavy atom. The highest BCUT2D eigenvalue weighted by atomic mass is 16.5. The highest BCUT2D eigenvalue weighted by Gasteiger charge is 2.07. The van der Waals surface area contributed by atoms with Gasteiger partial charge in [-0.15, -0.1) is 0 Å². The van der Waals surface area contributed by atoms with Crippen molar-refractivity contribution in [2.24, 2.45) is 0 Å². The molecule has 0 saturated heterocycles. The van der Waals surface area contributed by atoms with Gasteiger partial charge in [-0.05, 0) is 62.4 Å². The van der Waals surface area contributed by atoms with E-state index < -0.39 is 0 Å². The number of hydrogen-bond acceptors (Lipinski definition) is 3. The Balaban J connectivity index is 2.03. The summed E-state index contributed by atoms with van der Waals surface area (Å²) in [4.78, 5) is 11.8. The minimum Gasteiger partial charge on any atom is -0.497 e. The van der Waals surface area contributed by atoms with Crippen LogP contribution in [0.25, 0.3) is 0 Å². The molecule has 0 aliphatic heterocycles. The Labute approximate surface area is 124 Å². The van der Waals surface area contributed by atoms with E-state index in [1.807, 2.05) is 38.1 Å². The summed E-state index contributed by atoms with van der Waals surface area (Å²) in [6, 6.07) is 14.5. The second-order valence-electron chi connectivity index (χ2n) is 4.93. The lowest BCUT2D eigenvalue weighted by Gasteiger charge is -2.09. The van der Waals surface area contributed by atoms with E-state index >= 15 is 0 Å². The van der Waals surface area contributed by atoms with Crippen LogP contribution in [0.1, 0.15) is 24.2 Å². The van der Waals surface area contributed by atoms with E-state index in [0.717, 1.165) is 11.5 Å². The number of amides is 1. The molecule has 2 rings (SSSR count). The Bertz CT molecular complexity index is 588. The molecule has 0 aromatic heterocycles. The van der Waals surface area contributed by atoms with Gasteiger partial charge in [0.05, 0.1) is 7.11 Å². The van der Waals surface area contributed by atoms with Crippen LogP contribution in [0.5, 0.6) is 17.2 Å². The number of rotatable bonds is 5. The SMILES string of the molecule is COc1ccc(Oc2ccc(C(=O)NC(C)C)cc2)cc1. The summed E-state index contributed by atoms with van der Waals surface area (Å²) in [5, 5.41) is 2.85. The van der Waals surface area contributed by atoms with Crippen molar-refractivity contribution in [1.82, 2.24) is 5.32 Å². The van der Waals surface area contributed by atoms with Crippen molar-refractivity contribution >= 4 is 5.91 Å². The van der Waals surface area contributed by atoms with Crippen LogP contribution >= 0.6 is 0 Å². The average Bonchev–Trinajstić information content (AvgIpc) is 2.48. The first-order chi connectivity index (χ1) is 10.1. The third kappa shape index (κ3) is 4.24. The fraction of sp³-hybridized carbons (Fsp3) is 0.235. The van der Waals surface area contributed by atoms with Crippen molar-refractivity contribution in [3.05, 3.63) is 54.1 Å². The van der Waals surface area contributed by atoms with E-state index in [2.05, 4.69) is 5.32 Å². The van der Waals surface area contributed by atoms with Gasteiger partial charge in [-0.25, -0.2) is 0 Å². The summed E-state index contributed by atoms with van der Waals surface area (Å²) in [5.74, 6) is 2.10. The standard InChI is InChI=1S/C17H19NO3/c1-12(2)18-17(19)13-4-6-15(7-5-13)21-16-10-8-14(20-3)9-11-16/h4-12H,1-3H3,(H,18,19). The molecule has 21 heavy (non-hydrogen) atoms. The van der Waals surface area contributed by atoms with E-state index in [1.165, 1.54) is 0 Å². The van der Waals surface area contributed by atoms with Crippen LogP contribution < -0.4 is 14.8 Å². The molecule has 0 radical (unpaired) electrons. The zero-order valence-corrected chi connectivity index (χ0v) is 12.4. The van der Waals surface area contributed by atoms with Gasteiger partial charge in [0.2, 0.25) is 0 Å². The van der Waals surface area contributed by atoms with Gasteiger partial charge < -0.3 is 14.8 Å². The number of benzene rings is 2. The summed E-state index contributed by atoms with van der Waals surface area (Å²) in [5.41, 5.74) is 0.616. The quantitative estimate of drug-likeness (QED) is 0.912. The first-order valence-electron chi connectivity index (χ1n) is 6.81. The lowest BCUT2D eigenvalue weighted by atomic mass is 10.2. The minimum absolute atomic E-state index is 0.0824. The largest absolute Gasteiger partial charge is 0.497 e. The molecule has 0 heterocycles. The molecule has 0 saturated carbocycles. The Kier molecular flexibility index (Phi) is 4.82. The number of nitrogens with one attached hydrogen (secondary N) is 1. The van der Waals surface area contributed by atoms with Crippen LogP contribution in [0.4, 0.5) is 0 Å². The highest BCUT2D eigenvalue weighted by molar-refractivity contribution is 5.94. The third-order valence-electron chi connectivity index (χ3n) is 2.83. The monoisotopic (exact) mass is 285 g/mol. The predicted octanol–water partition coefficient (Wildman–Crippen LogP) is 3.63. The molecule has 0 aliphatic carbocycles. The van der Waals surface area contributed by atoms with Crippen LogP contribution in [-0.2, 0) is 0 Å². The normalized spacial score (nSPS) is 10.3. The molecule has 1 N–H and O–H groups in total. The zero-order chi connectivity index (χ0) is 15.2. The van der Waals surface area contributed by atoms with E-state index in [0.29, 0.717) is 11.3 Å². The molecule has 0 spiro atoms. The maximum absolute atomic E-state index is 11.8. The number of carbonyl (C=O) groups excluding carboxylic acids is 1. The average molecular weight is 285 g/mol. The first-order valence-corrected chi connectivity index (χ1v) is 6.81. The fourth-order valence-corrected chi connectivity index (χ4v) is 1.80. The van der Waals surface area contributed by atoms with Gasteiger partial charge in [-0.2, -0.15) is 0 Å². The van der Waals surface area contributed by atoms with Crippen LogP contribution in [0.15, 0.2) is 48.5 Å². The summed E-state index contributed by atoms with van der Waals surface area (Å²) in [6.45, 7) is 3.86. The summed E-state index contributed by atoms with van der Waals surface area (Å²) in [6.07, 6.45) is 0. The molecule has 2 aromatic rings. The molecule has 110 valence electrons. The maximum atomic E-state index is 11.8. The molecule has 4 heteroatoms. The predicted molar refractivity (Wildman–Crippen MR) is 82.1 cm³/mol. The molecular weight excluding hydrogens is 266 g/mol. The smallest absolute Gasteiger partial charge is 0.251 e. The number of methoxy groups -OCH3 is 1. The van der Waals surface area contributed by atoms with Gasteiger partial charge in [0.1, 0.15) is 17.2 Å². The molecular formula is C17H19NO3. The third-order valence-corrected chi connectivity index (χ3v) is 2.83. The Hall–Kier alpha value is -2.49. The van der Waals surface area contributed by atoms with Gasteiger partial charge in [0.15, 0.2) is 0 Å². The fourth-order valence-electron chi connectivity index (χ4n) is 1.80. The first kappa shape index (κ1) is 14.9. The van der Waals surface area contributed by atoms with Crippen LogP contribution in [-0.4, -0.2) is 19.1 Å². The van der Waals surface area contributed by atoms with E-state index in [1.54, 1.807) is 31.4 Å². The topological polar surface area (TPSA) is 47.6 Å². The summed E-state index contributed by atoms with van der Waals surface area (Å²) in [7, 11) is 1.62. The maximum Gasteiger partial charge on any atom is 0.251 e. The van der Waals surface area contributed by atoms with E-state index in [9.17, 15) is 4.79 Å². The van der Waals surface area contributed by atoms with Gasteiger partial charge in [-0.3, -0.25) is 4.79 Å². The van der Waals surface area contributed by atoms with E-state index in [4.69, 9.17) is 9.47 Å². The lowest BCUT2D eigenvalue weighted by molar-refractivity contribution is 0.0943. The molecule has 2 aromatic carbocycles. The number of ether oxygens (including phenoxy) is 2. The van der Waals surface area contributed by atoms with Gasteiger partial charge in [0.25, 0.3) is 5.91 Å². The van der Waals surface area contributed by atoms with Crippen molar-refractivity contribution < 1.29 is 14.3 Å². The summed E-state index contributed by atoms with van der Waals surface area (Å²) < 4.78 is 10.8. The van der Waals surface area contributed by atoms with Crippen molar-refractivity contribution in [2.45, 2.75) is 19.9 Å². The van der Waals surface area contributed by atoms with Gasteiger partial charge in [-0.1, -0.05) is 0 Å². The Morgan fingerprint density at radius 2 is 1.38 bits per heavy atom. The minimum atomic E-state index is -0.0824. The zero-order valence-electron chi connectivity index (χ0n) is 12.4. The molecule has 0 unspecified atom stereocenters. The highest BCUT2D eigenvalue weighted by Crippen LogP contribution is 2.23. The summed E-state index contributed by atoms with van der Waals surface area (Å²) >= 11 is 0. The molecule has 1 amide bonds. The van der Waals surface area contributed by atoms with Crippen molar-refractivity contribution in [1.29, 1.82) is 0 Å². The molecule has 0 atom stereocenters.